The highest BCUT2D eigenvalue weighted by molar-refractivity contribution is 5.76. The Morgan fingerprint density at radius 3 is 2.76 bits per heavy atom. The van der Waals surface area contributed by atoms with Crippen LogP contribution < -0.4 is 11.5 Å². The van der Waals surface area contributed by atoms with Gasteiger partial charge in [0, 0.05) is 12.1 Å². The lowest BCUT2D eigenvalue weighted by molar-refractivity contribution is -0.119. The first-order chi connectivity index (χ1) is 9.95. The van der Waals surface area contributed by atoms with Crippen molar-refractivity contribution in [3.05, 3.63) is 23.3 Å². The van der Waals surface area contributed by atoms with E-state index >= 15 is 0 Å². The number of nitrogens with two attached hydrogens (primary N) is 2. The molecular weight excluding hydrogens is 270 g/mol. The number of carbonyl (C=O) groups excluding carboxylic acids is 2. The molecule has 0 unspecified atom stereocenters. The number of aromatic nitrogens is 2. The van der Waals surface area contributed by atoms with Gasteiger partial charge in [0.2, 0.25) is 11.8 Å². The van der Waals surface area contributed by atoms with E-state index in [2.05, 4.69) is 9.97 Å². The number of rotatable bonds is 6. The highest BCUT2D eigenvalue weighted by Crippen LogP contribution is 2.30. The molecule has 0 aliphatic carbocycles. The molecule has 4 N–H and O–H groups in total. The molecule has 0 aromatic carbocycles. The molecule has 1 aliphatic rings. The molecule has 0 bridgehead atoms. The molecule has 1 saturated heterocycles. The summed E-state index contributed by atoms with van der Waals surface area (Å²) in [6.07, 6.45) is 2.73. The average molecular weight is 291 g/mol. The highest BCUT2D eigenvalue weighted by atomic mass is 16.1. The van der Waals surface area contributed by atoms with Gasteiger partial charge in [-0.05, 0) is 38.8 Å². The van der Waals surface area contributed by atoms with E-state index in [0.29, 0.717) is 12.2 Å². The zero-order valence-electron chi connectivity index (χ0n) is 12.2. The van der Waals surface area contributed by atoms with Crippen molar-refractivity contribution in [2.24, 2.45) is 11.5 Å². The fourth-order valence-corrected chi connectivity index (χ4v) is 2.76. The SMILES string of the molecule is Cc1nc(CCC(N)=O)cc([C@@H]2CCCN2CC(N)=O)n1. The second kappa shape index (κ2) is 6.62. The maximum atomic E-state index is 11.1. The van der Waals surface area contributed by atoms with Gasteiger partial charge < -0.3 is 11.5 Å². The number of primary amides is 2. The van der Waals surface area contributed by atoms with Crippen LogP contribution in [0.2, 0.25) is 0 Å². The van der Waals surface area contributed by atoms with Crippen molar-refractivity contribution in [2.45, 2.75) is 38.6 Å². The smallest absolute Gasteiger partial charge is 0.231 e. The minimum absolute atomic E-state index is 0.0894. The standard InChI is InChI=1S/C14H21N5O2/c1-9-17-10(4-5-13(15)20)7-11(18-9)12-3-2-6-19(12)8-14(16)21/h7,12H,2-6,8H2,1H3,(H2,15,20)(H2,16,21)/t12-/m0/s1. The first-order valence-corrected chi connectivity index (χ1v) is 7.11. The van der Waals surface area contributed by atoms with E-state index in [1.807, 2.05) is 17.9 Å². The van der Waals surface area contributed by atoms with Crippen LogP contribution in [0, 0.1) is 6.92 Å². The molecule has 1 aromatic heterocycles. The van der Waals surface area contributed by atoms with Crippen molar-refractivity contribution in [3.8, 4) is 0 Å². The number of hydrogen-bond donors (Lipinski definition) is 2. The van der Waals surface area contributed by atoms with Gasteiger partial charge >= 0.3 is 0 Å². The van der Waals surface area contributed by atoms with Crippen molar-refractivity contribution in [2.75, 3.05) is 13.1 Å². The third kappa shape index (κ3) is 4.22. The van der Waals surface area contributed by atoms with E-state index in [4.69, 9.17) is 11.5 Å². The summed E-state index contributed by atoms with van der Waals surface area (Å²) in [7, 11) is 0. The maximum absolute atomic E-state index is 11.1. The van der Waals surface area contributed by atoms with Crippen LogP contribution in [0.3, 0.4) is 0 Å². The molecule has 2 amide bonds. The lowest BCUT2D eigenvalue weighted by Gasteiger charge is -2.23. The highest BCUT2D eigenvalue weighted by Gasteiger charge is 2.28. The number of likely N-dealkylation sites (tertiary alicyclic amines) is 1. The lowest BCUT2D eigenvalue weighted by Crippen LogP contribution is -2.33. The van der Waals surface area contributed by atoms with Crippen LogP contribution >= 0.6 is 0 Å². The summed E-state index contributed by atoms with van der Waals surface area (Å²) in [5, 5.41) is 0. The molecule has 1 aliphatic heterocycles. The molecule has 0 saturated carbocycles. The van der Waals surface area contributed by atoms with Gasteiger partial charge in [0.25, 0.3) is 0 Å². The third-order valence-corrected chi connectivity index (χ3v) is 3.60. The summed E-state index contributed by atoms with van der Waals surface area (Å²) in [6.45, 7) is 2.91. The Morgan fingerprint density at radius 1 is 1.33 bits per heavy atom. The molecule has 2 heterocycles. The van der Waals surface area contributed by atoms with Crippen molar-refractivity contribution < 1.29 is 9.59 Å². The quantitative estimate of drug-likeness (QED) is 0.754. The fourth-order valence-electron chi connectivity index (χ4n) is 2.76. The van der Waals surface area contributed by atoms with Gasteiger partial charge in [-0.25, -0.2) is 9.97 Å². The largest absolute Gasteiger partial charge is 0.370 e. The van der Waals surface area contributed by atoms with Crippen LogP contribution in [-0.2, 0) is 16.0 Å². The zero-order valence-corrected chi connectivity index (χ0v) is 12.2. The topological polar surface area (TPSA) is 115 Å². The summed E-state index contributed by atoms with van der Waals surface area (Å²) in [5.74, 6) is -0.0106. The summed E-state index contributed by atoms with van der Waals surface area (Å²) in [5.41, 5.74) is 12.2. The molecule has 1 fully saturated rings. The third-order valence-electron chi connectivity index (χ3n) is 3.60. The van der Waals surface area contributed by atoms with Gasteiger partial charge in [0.1, 0.15) is 5.82 Å². The molecule has 21 heavy (non-hydrogen) atoms. The lowest BCUT2D eigenvalue weighted by atomic mass is 10.1. The minimum atomic E-state index is -0.343. The number of amides is 2. The Labute approximate surface area is 123 Å². The predicted molar refractivity (Wildman–Crippen MR) is 77.0 cm³/mol. The van der Waals surface area contributed by atoms with Crippen LogP contribution in [-0.4, -0.2) is 39.8 Å². The van der Waals surface area contributed by atoms with Crippen LogP contribution in [0.15, 0.2) is 6.07 Å². The van der Waals surface area contributed by atoms with Crippen molar-refractivity contribution in [1.82, 2.24) is 14.9 Å². The van der Waals surface area contributed by atoms with Gasteiger partial charge in [0.15, 0.2) is 0 Å². The number of aryl methyl sites for hydroxylation is 2. The first-order valence-electron chi connectivity index (χ1n) is 7.11. The number of nitrogens with zero attached hydrogens (tertiary/aromatic N) is 3. The predicted octanol–water partition coefficient (Wildman–Crippen LogP) is -0.175. The summed E-state index contributed by atoms with van der Waals surface area (Å²) in [4.78, 5) is 32.9. The summed E-state index contributed by atoms with van der Waals surface area (Å²) < 4.78 is 0. The van der Waals surface area contributed by atoms with Crippen LogP contribution in [0.25, 0.3) is 0 Å². The van der Waals surface area contributed by atoms with Crippen LogP contribution in [0.4, 0.5) is 0 Å². The molecular formula is C14H21N5O2. The van der Waals surface area contributed by atoms with Gasteiger partial charge in [-0.1, -0.05) is 0 Å². The summed E-state index contributed by atoms with van der Waals surface area (Å²) >= 11 is 0. The monoisotopic (exact) mass is 291 g/mol. The van der Waals surface area contributed by atoms with Gasteiger partial charge in [-0.15, -0.1) is 0 Å². The molecule has 1 atom stereocenters. The van der Waals surface area contributed by atoms with E-state index in [1.54, 1.807) is 0 Å². The molecule has 114 valence electrons. The minimum Gasteiger partial charge on any atom is -0.370 e. The Balaban J connectivity index is 2.18. The zero-order chi connectivity index (χ0) is 15.4. The Morgan fingerprint density at radius 2 is 2.10 bits per heavy atom. The number of hydrogen-bond acceptors (Lipinski definition) is 5. The van der Waals surface area contributed by atoms with Crippen molar-refractivity contribution in [1.29, 1.82) is 0 Å². The number of carbonyl (C=O) groups is 2. The normalized spacial score (nSPS) is 18.8. The van der Waals surface area contributed by atoms with Crippen molar-refractivity contribution >= 4 is 11.8 Å². The first kappa shape index (κ1) is 15.4. The molecule has 1 aromatic rings. The van der Waals surface area contributed by atoms with Gasteiger partial charge in [0.05, 0.1) is 18.3 Å². The molecule has 2 rings (SSSR count). The second-order valence-corrected chi connectivity index (χ2v) is 5.39. The van der Waals surface area contributed by atoms with E-state index in [1.165, 1.54) is 0 Å². The van der Waals surface area contributed by atoms with Crippen LogP contribution in [0.1, 0.15) is 42.5 Å². The van der Waals surface area contributed by atoms with E-state index in [0.717, 1.165) is 30.8 Å². The molecule has 7 nitrogen and oxygen atoms in total. The van der Waals surface area contributed by atoms with Crippen molar-refractivity contribution in [3.63, 3.8) is 0 Å². The van der Waals surface area contributed by atoms with Gasteiger partial charge in [-0.2, -0.15) is 0 Å². The Kier molecular flexibility index (Phi) is 4.85. The molecule has 7 heteroatoms. The van der Waals surface area contributed by atoms with E-state index in [9.17, 15) is 9.59 Å². The fraction of sp³-hybridized carbons (Fsp3) is 0.571. The van der Waals surface area contributed by atoms with Crippen LogP contribution in [0.5, 0.6) is 0 Å². The van der Waals surface area contributed by atoms with Gasteiger partial charge in [-0.3, -0.25) is 14.5 Å². The van der Waals surface area contributed by atoms with E-state index < -0.39 is 0 Å². The maximum Gasteiger partial charge on any atom is 0.231 e. The van der Waals surface area contributed by atoms with E-state index in [-0.39, 0.29) is 30.8 Å². The Hall–Kier alpha value is -2.02. The molecule has 0 spiro atoms. The second-order valence-electron chi connectivity index (χ2n) is 5.39. The summed E-state index contributed by atoms with van der Waals surface area (Å²) in [6, 6.07) is 1.99. The Bertz CT molecular complexity index is 546. The average Bonchev–Trinajstić information content (AvgIpc) is 2.83. The molecule has 0 radical (unpaired) electrons.